The number of benzene rings is 2. The molecule has 1 fully saturated rings. The van der Waals surface area contributed by atoms with Crippen LogP contribution >= 0.6 is 11.3 Å². The molecule has 0 radical (unpaired) electrons. The molecule has 1 unspecified atom stereocenters. The first-order valence-corrected chi connectivity index (χ1v) is 11.7. The van der Waals surface area contributed by atoms with E-state index in [4.69, 9.17) is 0 Å². The molecule has 0 N–H and O–H groups in total. The number of fused-ring (bicyclic) bond motifs is 2. The zero-order valence-electron chi connectivity index (χ0n) is 16.7. The van der Waals surface area contributed by atoms with Crippen molar-refractivity contribution in [3.63, 3.8) is 0 Å². The first-order chi connectivity index (χ1) is 14.3. The second kappa shape index (κ2) is 7.16. The maximum Gasteiger partial charge on any atom is 0.0460 e. The maximum absolute atomic E-state index is 2.67. The van der Waals surface area contributed by atoms with E-state index in [-0.39, 0.29) is 0 Å². The van der Waals surface area contributed by atoms with E-state index in [9.17, 15) is 0 Å². The lowest BCUT2D eigenvalue weighted by atomic mass is 9.94. The van der Waals surface area contributed by atoms with E-state index in [0.29, 0.717) is 6.04 Å². The molecule has 3 heteroatoms. The number of hydrogen-bond acceptors (Lipinski definition) is 3. The molecule has 1 aromatic heterocycles. The number of nitrogens with zero attached hydrogens (tertiary/aromatic N) is 2. The second-order valence-electron chi connectivity index (χ2n) is 8.54. The second-order valence-corrected chi connectivity index (χ2v) is 9.45. The van der Waals surface area contributed by atoms with Crippen LogP contribution < -0.4 is 4.90 Å². The zero-order valence-corrected chi connectivity index (χ0v) is 17.5. The Bertz CT molecular complexity index is 1120. The molecule has 0 saturated carbocycles. The van der Waals surface area contributed by atoms with Crippen molar-refractivity contribution in [2.75, 3.05) is 24.5 Å². The third kappa shape index (κ3) is 3.13. The van der Waals surface area contributed by atoms with Crippen LogP contribution in [0.5, 0.6) is 0 Å². The highest BCUT2D eigenvalue weighted by atomic mass is 32.1. The summed E-state index contributed by atoms with van der Waals surface area (Å²) in [5, 5.41) is 3.91. The van der Waals surface area contributed by atoms with Gasteiger partial charge in [-0.25, -0.2) is 0 Å². The van der Waals surface area contributed by atoms with Crippen molar-refractivity contribution in [1.29, 1.82) is 0 Å². The van der Waals surface area contributed by atoms with Crippen LogP contribution in [0.25, 0.3) is 15.7 Å². The molecule has 0 amide bonds. The molecular weight excluding hydrogens is 372 g/mol. The van der Waals surface area contributed by atoms with Crippen LogP contribution in [0.15, 0.2) is 66.1 Å². The molecule has 1 atom stereocenters. The van der Waals surface area contributed by atoms with Gasteiger partial charge in [0, 0.05) is 48.0 Å². The lowest BCUT2D eigenvalue weighted by molar-refractivity contribution is 0.213. The van der Waals surface area contributed by atoms with E-state index in [2.05, 4.69) is 75.9 Å². The molecule has 2 aromatic carbocycles. The van der Waals surface area contributed by atoms with Gasteiger partial charge >= 0.3 is 0 Å². The third-order valence-corrected chi connectivity index (χ3v) is 7.64. The minimum absolute atomic E-state index is 0.601. The molecule has 3 aliphatic rings. The van der Waals surface area contributed by atoms with Crippen LogP contribution in [-0.4, -0.2) is 30.6 Å². The summed E-state index contributed by atoms with van der Waals surface area (Å²) in [6.45, 7) is 4.47. The lowest BCUT2D eigenvalue weighted by Gasteiger charge is -2.45. The van der Waals surface area contributed by atoms with Crippen molar-refractivity contribution in [3.05, 3.63) is 82.8 Å². The summed E-state index contributed by atoms with van der Waals surface area (Å²) in [5.74, 6) is 0. The molecule has 29 heavy (non-hydrogen) atoms. The number of rotatable bonds is 3. The van der Waals surface area contributed by atoms with Gasteiger partial charge < -0.3 is 4.90 Å². The van der Waals surface area contributed by atoms with Crippen molar-refractivity contribution in [2.24, 2.45) is 0 Å². The molecule has 1 aliphatic carbocycles. The van der Waals surface area contributed by atoms with E-state index in [1.165, 1.54) is 45.3 Å². The van der Waals surface area contributed by atoms with Crippen LogP contribution in [-0.2, 0) is 13.0 Å². The molecule has 6 rings (SSSR count). The normalized spacial score (nSPS) is 21.3. The van der Waals surface area contributed by atoms with Crippen molar-refractivity contribution >= 4 is 32.7 Å². The van der Waals surface area contributed by atoms with Gasteiger partial charge in [0.2, 0.25) is 0 Å². The zero-order chi connectivity index (χ0) is 19.2. The fourth-order valence-electron chi connectivity index (χ4n) is 5.27. The van der Waals surface area contributed by atoms with Gasteiger partial charge in [-0.15, -0.1) is 11.3 Å². The summed E-state index contributed by atoms with van der Waals surface area (Å²) >= 11 is 1.91. The van der Waals surface area contributed by atoms with Gasteiger partial charge in [-0.1, -0.05) is 42.5 Å². The monoisotopic (exact) mass is 398 g/mol. The Kier molecular flexibility index (Phi) is 4.32. The Morgan fingerprint density at radius 2 is 2.00 bits per heavy atom. The number of thiophene rings is 1. The number of piperazine rings is 1. The number of allylic oxidation sites excluding steroid dienone is 4. The smallest absolute Gasteiger partial charge is 0.0460 e. The maximum atomic E-state index is 2.67. The first-order valence-electron chi connectivity index (χ1n) is 10.8. The van der Waals surface area contributed by atoms with Crippen molar-refractivity contribution < 1.29 is 0 Å². The standard InChI is InChI=1S/C26H26N2S/c1-2-7-20(8-3-1)21-9-4-6-19(14-21)16-27-12-13-28-23(17-27)15-22-18-29-25-11-5-10-24(28)26(22)25/h2,4-11,14,18,23H,1,3,12-13,15-17H2. The third-order valence-electron chi connectivity index (χ3n) is 6.65. The fraction of sp³-hybridized carbons (Fsp3) is 0.308. The van der Waals surface area contributed by atoms with Gasteiger partial charge in [-0.3, -0.25) is 4.90 Å². The van der Waals surface area contributed by atoms with Crippen molar-refractivity contribution in [2.45, 2.75) is 31.8 Å². The fourth-order valence-corrected chi connectivity index (χ4v) is 6.26. The van der Waals surface area contributed by atoms with Gasteiger partial charge in [0.05, 0.1) is 0 Å². The number of anilines is 1. The Hall–Kier alpha value is -2.36. The van der Waals surface area contributed by atoms with E-state index in [0.717, 1.165) is 32.6 Å². The molecule has 0 spiro atoms. The summed E-state index contributed by atoms with van der Waals surface area (Å²) in [6.07, 6.45) is 10.5. The van der Waals surface area contributed by atoms with Gasteiger partial charge in [0.15, 0.2) is 0 Å². The highest BCUT2D eigenvalue weighted by Gasteiger charge is 2.32. The average Bonchev–Trinajstić information content (AvgIpc) is 3.19. The largest absolute Gasteiger partial charge is 0.365 e. The molecule has 1 saturated heterocycles. The predicted octanol–water partition coefficient (Wildman–Crippen LogP) is 5.88. The topological polar surface area (TPSA) is 6.48 Å². The summed E-state index contributed by atoms with van der Waals surface area (Å²) in [4.78, 5) is 5.33. The van der Waals surface area contributed by atoms with Gasteiger partial charge in [-0.2, -0.15) is 0 Å². The van der Waals surface area contributed by atoms with Crippen molar-refractivity contribution in [1.82, 2.24) is 4.90 Å². The lowest BCUT2D eigenvalue weighted by Crippen LogP contribution is -2.54. The molecule has 3 heterocycles. The molecule has 3 aromatic rings. The summed E-state index contributed by atoms with van der Waals surface area (Å²) in [7, 11) is 0. The minimum Gasteiger partial charge on any atom is -0.365 e. The van der Waals surface area contributed by atoms with E-state index in [1.54, 1.807) is 5.56 Å². The van der Waals surface area contributed by atoms with Crippen LogP contribution in [0, 0.1) is 0 Å². The van der Waals surface area contributed by atoms with Crippen LogP contribution in [0.4, 0.5) is 5.69 Å². The summed E-state index contributed by atoms with van der Waals surface area (Å²) in [5.41, 5.74) is 7.21. The Morgan fingerprint density at radius 3 is 2.93 bits per heavy atom. The van der Waals surface area contributed by atoms with Gasteiger partial charge in [0.25, 0.3) is 0 Å². The first kappa shape index (κ1) is 17.5. The minimum atomic E-state index is 0.601. The van der Waals surface area contributed by atoms with Crippen molar-refractivity contribution in [3.8, 4) is 0 Å². The average molecular weight is 399 g/mol. The SMILES string of the molecule is C1=CC(c2cccc(CN3CCN4c5cccc6scc(c56)CC4C3)c2)=CCC1. The Labute approximate surface area is 176 Å². The molecule has 2 aliphatic heterocycles. The summed E-state index contributed by atoms with van der Waals surface area (Å²) in [6, 6.07) is 16.6. The Balaban J connectivity index is 1.21. The molecule has 146 valence electrons. The summed E-state index contributed by atoms with van der Waals surface area (Å²) < 4.78 is 1.45. The van der Waals surface area contributed by atoms with Crippen LogP contribution in [0.2, 0.25) is 0 Å². The van der Waals surface area contributed by atoms with E-state index in [1.807, 2.05) is 11.3 Å². The van der Waals surface area contributed by atoms with E-state index < -0.39 is 0 Å². The highest BCUT2D eigenvalue weighted by Crippen LogP contribution is 2.41. The predicted molar refractivity (Wildman–Crippen MR) is 125 cm³/mol. The van der Waals surface area contributed by atoms with Crippen LogP contribution in [0.3, 0.4) is 0 Å². The molecule has 2 nitrogen and oxygen atoms in total. The van der Waals surface area contributed by atoms with E-state index >= 15 is 0 Å². The highest BCUT2D eigenvalue weighted by molar-refractivity contribution is 7.17. The number of hydrogen-bond donors (Lipinski definition) is 0. The Morgan fingerprint density at radius 1 is 1.03 bits per heavy atom. The quantitative estimate of drug-likeness (QED) is 0.543. The van der Waals surface area contributed by atoms with Gasteiger partial charge in [-0.05, 0) is 65.1 Å². The van der Waals surface area contributed by atoms with Gasteiger partial charge in [0.1, 0.15) is 0 Å². The van der Waals surface area contributed by atoms with Crippen LogP contribution in [0.1, 0.15) is 29.5 Å². The molecular formula is C26H26N2S. The molecule has 0 bridgehead atoms.